The molecule has 2 nitrogen and oxygen atoms in total. The third-order valence-corrected chi connectivity index (χ3v) is 3.32. The van der Waals surface area contributed by atoms with Crippen LogP contribution in [0.4, 0.5) is 0 Å². The molecule has 1 saturated carbocycles. The molecule has 13 heavy (non-hydrogen) atoms. The van der Waals surface area contributed by atoms with Gasteiger partial charge in [0.25, 0.3) is 0 Å². The monoisotopic (exact) mass is 180 g/mol. The molecule has 0 spiro atoms. The summed E-state index contributed by atoms with van der Waals surface area (Å²) in [5.41, 5.74) is 1.26. The first-order valence-electron chi connectivity index (χ1n) is 5.01. The largest absolute Gasteiger partial charge is 0.462 e. The summed E-state index contributed by atoms with van der Waals surface area (Å²) in [5.74, 6) is 1.09. The standard InChI is InChI=1S/C11H16O2/c1-7(2)8-3-4-10-9(5-8)6-11(12)13-10/h8-10H,1,3-6H2,2H3/t8-,9-,10-/m0/s1. The van der Waals surface area contributed by atoms with E-state index in [9.17, 15) is 4.79 Å². The Kier molecular flexibility index (Phi) is 2.14. The fourth-order valence-electron chi connectivity index (χ4n) is 2.48. The van der Waals surface area contributed by atoms with E-state index in [0.717, 1.165) is 19.3 Å². The normalized spacial score (nSPS) is 38.2. The zero-order valence-electron chi connectivity index (χ0n) is 8.08. The summed E-state index contributed by atoms with van der Waals surface area (Å²) in [4.78, 5) is 11.0. The van der Waals surface area contributed by atoms with Gasteiger partial charge < -0.3 is 4.74 Å². The number of carbonyl (C=O) groups is 1. The smallest absolute Gasteiger partial charge is 0.306 e. The van der Waals surface area contributed by atoms with Gasteiger partial charge in [0, 0.05) is 5.92 Å². The minimum absolute atomic E-state index is 0.00244. The molecule has 2 rings (SSSR count). The Morgan fingerprint density at radius 2 is 2.31 bits per heavy atom. The number of allylic oxidation sites excluding steroid dienone is 1. The molecule has 0 bridgehead atoms. The van der Waals surface area contributed by atoms with Crippen LogP contribution in [0, 0.1) is 11.8 Å². The van der Waals surface area contributed by atoms with E-state index in [4.69, 9.17) is 4.74 Å². The second-order valence-electron chi connectivity index (χ2n) is 4.35. The Labute approximate surface area is 79.0 Å². The van der Waals surface area contributed by atoms with Crippen molar-refractivity contribution in [3.05, 3.63) is 12.2 Å². The first-order chi connectivity index (χ1) is 6.16. The Bertz CT molecular complexity index is 244. The molecule has 0 amide bonds. The van der Waals surface area contributed by atoms with Crippen molar-refractivity contribution in [1.82, 2.24) is 0 Å². The van der Waals surface area contributed by atoms with Crippen LogP contribution in [0.1, 0.15) is 32.6 Å². The summed E-state index contributed by atoms with van der Waals surface area (Å²) in [6, 6.07) is 0. The van der Waals surface area contributed by atoms with Crippen LogP contribution in [0.3, 0.4) is 0 Å². The van der Waals surface area contributed by atoms with Crippen LogP contribution in [0.5, 0.6) is 0 Å². The lowest BCUT2D eigenvalue weighted by Gasteiger charge is -2.30. The Morgan fingerprint density at radius 1 is 1.54 bits per heavy atom. The second kappa shape index (κ2) is 3.17. The molecule has 1 aliphatic carbocycles. The van der Waals surface area contributed by atoms with E-state index in [1.165, 1.54) is 5.57 Å². The van der Waals surface area contributed by atoms with Crippen molar-refractivity contribution in [3.8, 4) is 0 Å². The number of fused-ring (bicyclic) bond motifs is 1. The maximum absolute atomic E-state index is 11.0. The molecule has 0 aromatic rings. The van der Waals surface area contributed by atoms with Gasteiger partial charge in [0.15, 0.2) is 0 Å². The fourth-order valence-corrected chi connectivity index (χ4v) is 2.48. The Morgan fingerprint density at radius 3 is 3.00 bits per heavy atom. The lowest BCUT2D eigenvalue weighted by molar-refractivity contribution is -0.142. The summed E-state index contributed by atoms with van der Waals surface area (Å²) in [6.45, 7) is 6.07. The SMILES string of the molecule is C=C(C)[C@H]1CC[C@@H]2OC(=O)C[C@@H]2C1. The predicted molar refractivity (Wildman–Crippen MR) is 50.1 cm³/mol. The number of rotatable bonds is 1. The minimum atomic E-state index is -0.00244. The molecule has 0 N–H and O–H groups in total. The van der Waals surface area contributed by atoms with Crippen LogP contribution >= 0.6 is 0 Å². The topological polar surface area (TPSA) is 26.3 Å². The molecule has 1 heterocycles. The molecular weight excluding hydrogens is 164 g/mol. The maximum Gasteiger partial charge on any atom is 0.306 e. The van der Waals surface area contributed by atoms with E-state index >= 15 is 0 Å². The molecule has 2 aliphatic rings. The van der Waals surface area contributed by atoms with Gasteiger partial charge in [-0.3, -0.25) is 4.79 Å². The summed E-state index contributed by atoms with van der Waals surface area (Å²) in [6.07, 6.45) is 4.14. The van der Waals surface area contributed by atoms with E-state index in [1.807, 2.05) is 0 Å². The Balaban J connectivity index is 2.01. The highest BCUT2D eigenvalue weighted by molar-refractivity contribution is 5.72. The molecule has 72 valence electrons. The van der Waals surface area contributed by atoms with Crippen LogP contribution in [0.2, 0.25) is 0 Å². The van der Waals surface area contributed by atoms with Crippen molar-refractivity contribution >= 4 is 5.97 Å². The van der Waals surface area contributed by atoms with Gasteiger partial charge in [0.2, 0.25) is 0 Å². The molecular formula is C11H16O2. The Hall–Kier alpha value is -0.790. The lowest BCUT2D eigenvalue weighted by Crippen LogP contribution is -2.26. The number of ether oxygens (including phenoxy) is 1. The summed E-state index contributed by atoms with van der Waals surface area (Å²) in [7, 11) is 0. The number of carbonyl (C=O) groups excluding carboxylic acids is 1. The summed E-state index contributed by atoms with van der Waals surface area (Å²) in [5, 5.41) is 0. The van der Waals surface area contributed by atoms with Crippen molar-refractivity contribution < 1.29 is 9.53 Å². The van der Waals surface area contributed by atoms with Crippen LogP contribution < -0.4 is 0 Å². The zero-order chi connectivity index (χ0) is 9.42. The predicted octanol–water partition coefficient (Wildman–Crippen LogP) is 2.29. The van der Waals surface area contributed by atoms with E-state index in [-0.39, 0.29) is 12.1 Å². The number of hydrogen-bond acceptors (Lipinski definition) is 2. The van der Waals surface area contributed by atoms with Gasteiger partial charge in [-0.25, -0.2) is 0 Å². The maximum atomic E-state index is 11.0. The molecule has 0 aromatic carbocycles. The van der Waals surface area contributed by atoms with Gasteiger partial charge >= 0.3 is 5.97 Å². The minimum Gasteiger partial charge on any atom is -0.462 e. The van der Waals surface area contributed by atoms with Crippen LogP contribution in [0.25, 0.3) is 0 Å². The van der Waals surface area contributed by atoms with Gasteiger partial charge in [0.05, 0.1) is 6.42 Å². The molecule has 2 heteroatoms. The second-order valence-corrected chi connectivity index (χ2v) is 4.35. The highest BCUT2D eigenvalue weighted by atomic mass is 16.5. The summed E-state index contributed by atoms with van der Waals surface area (Å²) < 4.78 is 5.22. The van der Waals surface area contributed by atoms with E-state index in [1.54, 1.807) is 0 Å². The van der Waals surface area contributed by atoms with Crippen molar-refractivity contribution in [2.75, 3.05) is 0 Å². The van der Waals surface area contributed by atoms with E-state index in [0.29, 0.717) is 18.3 Å². The van der Waals surface area contributed by atoms with Crippen molar-refractivity contribution in [2.45, 2.75) is 38.7 Å². The van der Waals surface area contributed by atoms with Crippen LogP contribution in [-0.4, -0.2) is 12.1 Å². The van der Waals surface area contributed by atoms with E-state index < -0.39 is 0 Å². The fraction of sp³-hybridized carbons (Fsp3) is 0.727. The van der Waals surface area contributed by atoms with Crippen LogP contribution in [-0.2, 0) is 9.53 Å². The van der Waals surface area contributed by atoms with Crippen LogP contribution in [0.15, 0.2) is 12.2 Å². The molecule has 0 aromatic heterocycles. The van der Waals surface area contributed by atoms with Gasteiger partial charge in [-0.2, -0.15) is 0 Å². The van der Waals surface area contributed by atoms with Crippen molar-refractivity contribution in [1.29, 1.82) is 0 Å². The average molecular weight is 180 g/mol. The van der Waals surface area contributed by atoms with Crippen molar-refractivity contribution in [2.24, 2.45) is 11.8 Å². The zero-order valence-corrected chi connectivity index (χ0v) is 8.08. The van der Waals surface area contributed by atoms with Gasteiger partial charge in [-0.1, -0.05) is 12.2 Å². The highest BCUT2D eigenvalue weighted by Crippen LogP contribution is 2.39. The highest BCUT2D eigenvalue weighted by Gasteiger charge is 2.39. The van der Waals surface area contributed by atoms with Gasteiger partial charge in [-0.05, 0) is 32.1 Å². The summed E-state index contributed by atoms with van der Waals surface area (Å²) >= 11 is 0. The third kappa shape index (κ3) is 1.62. The first-order valence-corrected chi connectivity index (χ1v) is 5.01. The third-order valence-electron chi connectivity index (χ3n) is 3.32. The van der Waals surface area contributed by atoms with E-state index in [2.05, 4.69) is 13.5 Å². The lowest BCUT2D eigenvalue weighted by atomic mass is 9.77. The molecule has 2 fully saturated rings. The quantitative estimate of drug-likeness (QED) is 0.457. The molecule has 0 radical (unpaired) electrons. The first kappa shape index (κ1) is 8.79. The van der Waals surface area contributed by atoms with Crippen molar-refractivity contribution in [3.63, 3.8) is 0 Å². The molecule has 1 aliphatic heterocycles. The molecule has 3 atom stereocenters. The van der Waals surface area contributed by atoms with Gasteiger partial charge in [-0.15, -0.1) is 0 Å². The number of esters is 1. The number of hydrogen-bond donors (Lipinski definition) is 0. The van der Waals surface area contributed by atoms with Gasteiger partial charge in [0.1, 0.15) is 6.10 Å². The molecule has 1 saturated heterocycles. The average Bonchev–Trinajstić information content (AvgIpc) is 2.42. The molecule has 0 unspecified atom stereocenters.